The van der Waals surface area contributed by atoms with Gasteiger partial charge >= 0.3 is 0 Å². The van der Waals surface area contributed by atoms with E-state index in [1.807, 2.05) is 12.1 Å². The summed E-state index contributed by atoms with van der Waals surface area (Å²) in [7, 11) is 0. The number of hydrogen-bond donors (Lipinski definition) is 2. The van der Waals surface area contributed by atoms with Crippen molar-refractivity contribution in [1.29, 1.82) is 0 Å². The molecule has 3 N–H and O–H groups in total. The highest BCUT2D eigenvalue weighted by molar-refractivity contribution is 6.35. The fourth-order valence-electron chi connectivity index (χ4n) is 2.71. The van der Waals surface area contributed by atoms with E-state index in [2.05, 4.69) is 12.2 Å². The van der Waals surface area contributed by atoms with Gasteiger partial charge in [-0.1, -0.05) is 36.2 Å². The van der Waals surface area contributed by atoms with E-state index in [1.165, 1.54) is 19.3 Å². The van der Waals surface area contributed by atoms with Gasteiger partial charge in [0.2, 0.25) is 0 Å². The van der Waals surface area contributed by atoms with Gasteiger partial charge in [-0.15, -0.1) is 0 Å². The summed E-state index contributed by atoms with van der Waals surface area (Å²) >= 11 is 12.2. The summed E-state index contributed by atoms with van der Waals surface area (Å²) in [5.74, 6) is 0.807. The van der Waals surface area contributed by atoms with Crippen LogP contribution in [0.15, 0.2) is 18.2 Å². The van der Waals surface area contributed by atoms with Crippen LogP contribution in [0.3, 0.4) is 0 Å². The van der Waals surface area contributed by atoms with E-state index < -0.39 is 0 Å². The topological polar surface area (TPSA) is 38.0 Å². The summed E-state index contributed by atoms with van der Waals surface area (Å²) in [6.07, 6.45) is 3.74. The maximum atomic E-state index is 6.24. The fourth-order valence-corrected chi connectivity index (χ4v) is 3.25. The molecule has 1 aromatic carbocycles. The van der Waals surface area contributed by atoms with Gasteiger partial charge in [-0.2, -0.15) is 0 Å². The van der Waals surface area contributed by atoms with E-state index in [4.69, 9.17) is 28.9 Å². The van der Waals surface area contributed by atoms with Crippen molar-refractivity contribution in [2.75, 3.05) is 6.54 Å². The molecular formula is C14H20Cl2N2. The number of benzene rings is 1. The van der Waals surface area contributed by atoms with Crippen molar-refractivity contribution < 1.29 is 0 Å². The van der Waals surface area contributed by atoms with Crippen LogP contribution in [0.4, 0.5) is 0 Å². The fraction of sp³-hybridized carbons (Fsp3) is 0.571. The first-order valence-corrected chi connectivity index (χ1v) is 7.26. The van der Waals surface area contributed by atoms with Gasteiger partial charge in [-0.3, -0.25) is 0 Å². The second kappa shape index (κ2) is 6.25. The maximum absolute atomic E-state index is 6.24. The van der Waals surface area contributed by atoms with Gasteiger partial charge in [-0.25, -0.2) is 0 Å². The minimum atomic E-state index is 0.116. The molecule has 100 valence electrons. The van der Waals surface area contributed by atoms with Crippen molar-refractivity contribution in [3.05, 3.63) is 33.8 Å². The molecule has 3 unspecified atom stereocenters. The van der Waals surface area contributed by atoms with Crippen LogP contribution in [0.2, 0.25) is 10.0 Å². The largest absolute Gasteiger partial charge is 0.329 e. The van der Waals surface area contributed by atoms with Crippen molar-refractivity contribution >= 4 is 23.2 Å². The molecule has 0 saturated heterocycles. The molecule has 1 fully saturated rings. The van der Waals surface area contributed by atoms with Gasteiger partial charge in [0.1, 0.15) is 0 Å². The minimum absolute atomic E-state index is 0.116. The first-order chi connectivity index (χ1) is 8.60. The van der Waals surface area contributed by atoms with Crippen LogP contribution in [0.25, 0.3) is 0 Å². The molecule has 0 bridgehead atoms. The Morgan fingerprint density at radius 2 is 2.17 bits per heavy atom. The monoisotopic (exact) mass is 286 g/mol. The number of nitrogens with one attached hydrogen (secondary N) is 1. The molecule has 2 rings (SSSR count). The lowest BCUT2D eigenvalue weighted by molar-refractivity contribution is 0.434. The highest BCUT2D eigenvalue weighted by atomic mass is 35.5. The molecule has 18 heavy (non-hydrogen) atoms. The average molecular weight is 287 g/mol. The van der Waals surface area contributed by atoms with Crippen molar-refractivity contribution in [2.45, 2.75) is 38.3 Å². The van der Waals surface area contributed by atoms with E-state index in [-0.39, 0.29) is 6.04 Å². The van der Waals surface area contributed by atoms with E-state index in [0.29, 0.717) is 22.6 Å². The van der Waals surface area contributed by atoms with Crippen LogP contribution >= 0.6 is 23.2 Å². The van der Waals surface area contributed by atoms with Crippen LogP contribution in [0.1, 0.15) is 37.8 Å². The normalized spacial score (nSPS) is 25.3. The van der Waals surface area contributed by atoms with E-state index in [1.54, 1.807) is 6.07 Å². The summed E-state index contributed by atoms with van der Waals surface area (Å²) in [6, 6.07) is 6.28. The third kappa shape index (κ3) is 3.39. The summed E-state index contributed by atoms with van der Waals surface area (Å²) < 4.78 is 0. The Morgan fingerprint density at radius 3 is 2.72 bits per heavy atom. The highest BCUT2D eigenvalue weighted by Gasteiger charge is 2.24. The van der Waals surface area contributed by atoms with Crippen LogP contribution in [-0.4, -0.2) is 12.6 Å². The van der Waals surface area contributed by atoms with Crippen LogP contribution in [-0.2, 0) is 0 Å². The summed E-state index contributed by atoms with van der Waals surface area (Å²) in [4.78, 5) is 0. The van der Waals surface area contributed by atoms with Crippen LogP contribution in [0, 0.1) is 5.92 Å². The number of hydrogen-bond acceptors (Lipinski definition) is 2. The summed E-state index contributed by atoms with van der Waals surface area (Å²) in [5, 5.41) is 4.97. The van der Waals surface area contributed by atoms with Crippen LogP contribution < -0.4 is 11.1 Å². The van der Waals surface area contributed by atoms with Crippen molar-refractivity contribution in [2.24, 2.45) is 11.7 Å². The number of halogens is 2. The Kier molecular flexibility index (Phi) is 4.91. The third-order valence-electron chi connectivity index (χ3n) is 3.71. The molecule has 0 heterocycles. The Hall–Kier alpha value is -0.280. The zero-order valence-corrected chi connectivity index (χ0v) is 12.1. The molecule has 0 radical (unpaired) electrons. The SMILES string of the molecule is CC1CCC(NC(CN)c2ccc(Cl)cc2Cl)C1. The second-order valence-corrected chi connectivity index (χ2v) is 6.08. The minimum Gasteiger partial charge on any atom is -0.329 e. The van der Waals surface area contributed by atoms with Crippen molar-refractivity contribution in [1.82, 2.24) is 5.32 Å². The maximum Gasteiger partial charge on any atom is 0.0469 e. The quantitative estimate of drug-likeness (QED) is 0.884. The predicted molar refractivity (Wildman–Crippen MR) is 78.2 cm³/mol. The molecule has 1 aliphatic rings. The molecule has 0 aliphatic heterocycles. The molecule has 0 amide bonds. The number of nitrogens with two attached hydrogens (primary N) is 1. The molecule has 0 aromatic heterocycles. The lowest BCUT2D eigenvalue weighted by atomic mass is 10.0. The van der Waals surface area contributed by atoms with Gasteiger partial charge in [0, 0.05) is 28.7 Å². The Morgan fingerprint density at radius 1 is 1.39 bits per heavy atom. The van der Waals surface area contributed by atoms with Crippen molar-refractivity contribution in [3.8, 4) is 0 Å². The molecule has 2 nitrogen and oxygen atoms in total. The van der Waals surface area contributed by atoms with E-state index in [9.17, 15) is 0 Å². The van der Waals surface area contributed by atoms with E-state index >= 15 is 0 Å². The molecular weight excluding hydrogens is 267 g/mol. The Balaban J connectivity index is 2.08. The van der Waals surface area contributed by atoms with Gasteiger partial charge in [0.15, 0.2) is 0 Å². The third-order valence-corrected chi connectivity index (χ3v) is 4.27. The first kappa shape index (κ1) is 14.1. The summed E-state index contributed by atoms with van der Waals surface area (Å²) in [6.45, 7) is 2.85. The highest BCUT2D eigenvalue weighted by Crippen LogP contribution is 2.30. The standard InChI is InChI=1S/C14H20Cl2N2/c1-9-2-4-11(6-9)18-14(8-17)12-5-3-10(15)7-13(12)16/h3,5,7,9,11,14,18H,2,4,6,8,17H2,1H3. The van der Waals surface area contributed by atoms with Crippen molar-refractivity contribution in [3.63, 3.8) is 0 Å². The molecule has 1 aliphatic carbocycles. The van der Waals surface area contributed by atoms with Gasteiger partial charge < -0.3 is 11.1 Å². The second-order valence-electron chi connectivity index (χ2n) is 5.24. The van der Waals surface area contributed by atoms with Gasteiger partial charge in [0.05, 0.1) is 0 Å². The van der Waals surface area contributed by atoms with Crippen LogP contribution in [0.5, 0.6) is 0 Å². The molecule has 3 atom stereocenters. The van der Waals surface area contributed by atoms with Gasteiger partial charge in [0.25, 0.3) is 0 Å². The van der Waals surface area contributed by atoms with Gasteiger partial charge in [-0.05, 0) is 42.9 Å². The zero-order valence-electron chi connectivity index (χ0n) is 10.6. The first-order valence-electron chi connectivity index (χ1n) is 6.51. The predicted octanol–water partition coefficient (Wildman–Crippen LogP) is 3.77. The Labute approximate surface area is 119 Å². The smallest absolute Gasteiger partial charge is 0.0469 e. The molecule has 0 spiro atoms. The average Bonchev–Trinajstić information content (AvgIpc) is 2.72. The Bertz CT molecular complexity index is 409. The number of rotatable bonds is 4. The lowest BCUT2D eigenvalue weighted by Gasteiger charge is -2.23. The lowest BCUT2D eigenvalue weighted by Crippen LogP contribution is -2.35. The molecule has 1 saturated carbocycles. The summed E-state index contributed by atoms with van der Waals surface area (Å²) in [5.41, 5.74) is 6.91. The molecule has 4 heteroatoms. The van der Waals surface area contributed by atoms with E-state index in [0.717, 1.165) is 11.5 Å². The zero-order chi connectivity index (χ0) is 13.1. The molecule has 1 aromatic rings.